The molecular formula is C12H15NO. The molecule has 0 saturated heterocycles. The predicted octanol–water partition coefficient (Wildman–Crippen LogP) is 2.41. The summed E-state index contributed by atoms with van der Waals surface area (Å²) in [6.07, 6.45) is 2.65. The lowest BCUT2D eigenvalue weighted by Crippen LogP contribution is -2.05. The first-order valence-electron chi connectivity index (χ1n) is 4.99. The van der Waals surface area contributed by atoms with Gasteiger partial charge in [-0.1, -0.05) is 18.2 Å². The summed E-state index contributed by atoms with van der Waals surface area (Å²) in [5.41, 5.74) is 1.24. The third-order valence-corrected chi connectivity index (χ3v) is 2.47. The normalized spacial score (nSPS) is 13.3. The molecule has 0 bridgehead atoms. The van der Waals surface area contributed by atoms with Gasteiger partial charge in [0.15, 0.2) is 0 Å². The molecule has 1 N–H and O–H groups in total. The molecule has 2 heteroatoms. The molecule has 74 valence electrons. The number of nitrogens with zero attached hydrogens (tertiary/aromatic N) is 1. The van der Waals surface area contributed by atoms with E-state index < -0.39 is 0 Å². The van der Waals surface area contributed by atoms with Gasteiger partial charge in [-0.05, 0) is 30.9 Å². The van der Waals surface area contributed by atoms with Gasteiger partial charge in [0.25, 0.3) is 0 Å². The number of hydrogen-bond donors (Lipinski definition) is 1. The van der Waals surface area contributed by atoms with Crippen LogP contribution in [0.2, 0.25) is 0 Å². The van der Waals surface area contributed by atoms with Crippen molar-refractivity contribution >= 4 is 10.9 Å². The molecule has 0 spiro atoms. The van der Waals surface area contributed by atoms with Gasteiger partial charge in [-0.3, -0.25) is 0 Å². The van der Waals surface area contributed by atoms with E-state index in [1.54, 1.807) is 0 Å². The molecule has 2 aromatic rings. The Balaban J connectivity index is 2.25. The number of rotatable bonds is 3. The molecule has 0 aliphatic rings. The standard InChI is InChI=1S/C12H15NO/c1-10(14)6-8-13-9-7-11-4-2-3-5-12(11)13/h2-5,7,9-10,14H,6,8H2,1H3/t10-/m1/s1. The Morgan fingerprint density at radius 3 is 2.86 bits per heavy atom. The summed E-state index contributed by atoms with van der Waals surface area (Å²) >= 11 is 0. The second-order valence-corrected chi connectivity index (χ2v) is 3.71. The predicted molar refractivity (Wildman–Crippen MR) is 58.2 cm³/mol. The zero-order valence-electron chi connectivity index (χ0n) is 8.35. The van der Waals surface area contributed by atoms with Crippen molar-refractivity contribution in [1.82, 2.24) is 4.57 Å². The number of aryl methyl sites for hydroxylation is 1. The Kier molecular flexibility index (Phi) is 2.55. The Bertz CT molecular complexity index is 417. The highest BCUT2D eigenvalue weighted by Crippen LogP contribution is 2.15. The van der Waals surface area contributed by atoms with Crippen LogP contribution in [0.4, 0.5) is 0 Å². The number of benzene rings is 1. The minimum Gasteiger partial charge on any atom is -0.393 e. The van der Waals surface area contributed by atoms with Crippen LogP contribution in [0.5, 0.6) is 0 Å². The summed E-state index contributed by atoms with van der Waals surface area (Å²) < 4.78 is 2.18. The van der Waals surface area contributed by atoms with Crippen LogP contribution in [0, 0.1) is 0 Å². The lowest BCUT2D eigenvalue weighted by Gasteiger charge is -2.06. The number of fused-ring (bicyclic) bond motifs is 1. The fourth-order valence-corrected chi connectivity index (χ4v) is 1.66. The van der Waals surface area contributed by atoms with Crippen molar-refractivity contribution in [3.63, 3.8) is 0 Å². The third-order valence-electron chi connectivity index (χ3n) is 2.47. The highest BCUT2D eigenvalue weighted by molar-refractivity contribution is 5.79. The first-order valence-corrected chi connectivity index (χ1v) is 4.99. The largest absolute Gasteiger partial charge is 0.393 e. The van der Waals surface area contributed by atoms with Crippen LogP contribution >= 0.6 is 0 Å². The molecule has 0 saturated carbocycles. The maximum atomic E-state index is 9.21. The highest BCUT2D eigenvalue weighted by Gasteiger charge is 2.01. The molecule has 2 rings (SSSR count). The van der Waals surface area contributed by atoms with Gasteiger partial charge >= 0.3 is 0 Å². The summed E-state index contributed by atoms with van der Waals surface area (Å²) in [5.74, 6) is 0. The van der Waals surface area contributed by atoms with Gasteiger partial charge in [-0.2, -0.15) is 0 Å². The van der Waals surface area contributed by atoms with Gasteiger partial charge in [0.05, 0.1) is 6.10 Å². The number of aliphatic hydroxyl groups excluding tert-OH is 1. The number of aliphatic hydroxyl groups is 1. The lowest BCUT2D eigenvalue weighted by molar-refractivity contribution is 0.178. The molecule has 0 unspecified atom stereocenters. The van der Waals surface area contributed by atoms with Crippen molar-refractivity contribution in [2.24, 2.45) is 0 Å². The van der Waals surface area contributed by atoms with Gasteiger partial charge in [-0.25, -0.2) is 0 Å². The lowest BCUT2D eigenvalue weighted by atomic mass is 10.2. The van der Waals surface area contributed by atoms with Gasteiger partial charge in [0.1, 0.15) is 0 Å². The summed E-state index contributed by atoms with van der Waals surface area (Å²) in [4.78, 5) is 0. The van der Waals surface area contributed by atoms with Crippen molar-refractivity contribution in [3.05, 3.63) is 36.5 Å². The Hall–Kier alpha value is -1.28. The Morgan fingerprint density at radius 2 is 2.07 bits per heavy atom. The molecule has 1 aromatic carbocycles. The van der Waals surface area contributed by atoms with E-state index in [2.05, 4.69) is 29.0 Å². The second kappa shape index (κ2) is 3.84. The highest BCUT2D eigenvalue weighted by atomic mass is 16.3. The molecular weight excluding hydrogens is 174 g/mol. The number of hydrogen-bond acceptors (Lipinski definition) is 1. The molecule has 1 heterocycles. The monoisotopic (exact) mass is 189 g/mol. The van der Waals surface area contributed by atoms with Crippen molar-refractivity contribution in [2.45, 2.75) is 26.0 Å². The SMILES string of the molecule is C[C@@H](O)CCn1ccc2ccccc21. The zero-order chi connectivity index (χ0) is 9.97. The van der Waals surface area contributed by atoms with Crippen molar-refractivity contribution < 1.29 is 5.11 Å². The van der Waals surface area contributed by atoms with Gasteiger partial charge in [0.2, 0.25) is 0 Å². The van der Waals surface area contributed by atoms with E-state index in [1.807, 2.05) is 19.1 Å². The molecule has 14 heavy (non-hydrogen) atoms. The van der Waals surface area contributed by atoms with Gasteiger partial charge in [0, 0.05) is 18.3 Å². The third kappa shape index (κ3) is 1.80. The second-order valence-electron chi connectivity index (χ2n) is 3.71. The van der Waals surface area contributed by atoms with E-state index in [1.165, 1.54) is 10.9 Å². The van der Waals surface area contributed by atoms with Crippen LogP contribution in [0.1, 0.15) is 13.3 Å². The van der Waals surface area contributed by atoms with E-state index in [4.69, 9.17) is 0 Å². The summed E-state index contributed by atoms with van der Waals surface area (Å²) in [7, 11) is 0. The van der Waals surface area contributed by atoms with E-state index in [9.17, 15) is 5.11 Å². The molecule has 1 aromatic heterocycles. The summed E-state index contributed by atoms with van der Waals surface area (Å²) in [5, 5.41) is 10.5. The van der Waals surface area contributed by atoms with Gasteiger partial charge < -0.3 is 9.67 Å². The summed E-state index contributed by atoms with van der Waals surface area (Å²) in [6.45, 7) is 2.71. The van der Waals surface area contributed by atoms with E-state index in [-0.39, 0.29) is 6.10 Å². The fourth-order valence-electron chi connectivity index (χ4n) is 1.66. The van der Waals surface area contributed by atoms with Crippen molar-refractivity contribution in [3.8, 4) is 0 Å². The first kappa shape index (κ1) is 9.28. The van der Waals surface area contributed by atoms with Crippen LogP contribution < -0.4 is 0 Å². The van der Waals surface area contributed by atoms with E-state index in [0.29, 0.717) is 0 Å². The van der Waals surface area contributed by atoms with Crippen LogP contribution in [0.15, 0.2) is 36.5 Å². The minimum absolute atomic E-state index is 0.226. The smallest absolute Gasteiger partial charge is 0.0529 e. The summed E-state index contributed by atoms with van der Waals surface area (Å²) in [6, 6.07) is 10.4. The Morgan fingerprint density at radius 1 is 1.29 bits per heavy atom. The quantitative estimate of drug-likeness (QED) is 0.788. The molecule has 0 fully saturated rings. The average molecular weight is 189 g/mol. The maximum absolute atomic E-state index is 9.21. The topological polar surface area (TPSA) is 25.2 Å². The molecule has 0 aliphatic carbocycles. The first-order chi connectivity index (χ1) is 6.77. The number of aromatic nitrogens is 1. The Labute approximate surface area is 83.8 Å². The molecule has 0 amide bonds. The van der Waals surface area contributed by atoms with Crippen LogP contribution in [-0.2, 0) is 6.54 Å². The van der Waals surface area contributed by atoms with E-state index >= 15 is 0 Å². The zero-order valence-corrected chi connectivity index (χ0v) is 8.35. The van der Waals surface area contributed by atoms with Crippen molar-refractivity contribution in [2.75, 3.05) is 0 Å². The van der Waals surface area contributed by atoms with Crippen LogP contribution in [-0.4, -0.2) is 15.8 Å². The number of para-hydroxylation sites is 1. The van der Waals surface area contributed by atoms with Crippen LogP contribution in [0.3, 0.4) is 0 Å². The van der Waals surface area contributed by atoms with Gasteiger partial charge in [-0.15, -0.1) is 0 Å². The van der Waals surface area contributed by atoms with Crippen molar-refractivity contribution in [1.29, 1.82) is 0 Å². The van der Waals surface area contributed by atoms with E-state index in [0.717, 1.165) is 13.0 Å². The molecule has 0 radical (unpaired) electrons. The average Bonchev–Trinajstić information content (AvgIpc) is 2.58. The minimum atomic E-state index is -0.226. The maximum Gasteiger partial charge on any atom is 0.0529 e. The molecule has 0 aliphatic heterocycles. The van der Waals surface area contributed by atoms with Crippen LogP contribution in [0.25, 0.3) is 10.9 Å². The molecule has 2 nitrogen and oxygen atoms in total. The fraction of sp³-hybridized carbons (Fsp3) is 0.333. The molecule has 1 atom stereocenters.